The second-order valence-electron chi connectivity index (χ2n) is 2.96. The Hall–Kier alpha value is -0.670. The standard InChI is InChI=1S/C8H10ClN3/c9-8-5-11-4-7(12-8)6-1-2-10-3-6/h4-6,10H,1-3H2. The predicted octanol–water partition coefficient (Wildman–Crippen LogP) is 1.21. The van der Waals surface area contributed by atoms with E-state index >= 15 is 0 Å². The highest BCUT2D eigenvalue weighted by molar-refractivity contribution is 6.29. The molecule has 1 N–H and O–H groups in total. The summed E-state index contributed by atoms with van der Waals surface area (Å²) in [5.41, 5.74) is 1.01. The quantitative estimate of drug-likeness (QED) is 0.711. The van der Waals surface area contributed by atoms with E-state index in [1.165, 1.54) is 0 Å². The van der Waals surface area contributed by atoms with Gasteiger partial charge in [0.2, 0.25) is 0 Å². The fourth-order valence-corrected chi connectivity index (χ4v) is 1.61. The van der Waals surface area contributed by atoms with Crippen molar-refractivity contribution in [1.82, 2.24) is 15.3 Å². The highest BCUT2D eigenvalue weighted by Crippen LogP contribution is 2.20. The van der Waals surface area contributed by atoms with Gasteiger partial charge in [0.1, 0.15) is 5.15 Å². The van der Waals surface area contributed by atoms with E-state index in [4.69, 9.17) is 11.6 Å². The van der Waals surface area contributed by atoms with Crippen molar-refractivity contribution in [2.75, 3.05) is 13.1 Å². The van der Waals surface area contributed by atoms with Gasteiger partial charge in [-0.1, -0.05) is 11.6 Å². The third-order valence-corrected chi connectivity index (χ3v) is 2.28. The van der Waals surface area contributed by atoms with Gasteiger partial charge in [-0.3, -0.25) is 4.98 Å². The molecule has 1 unspecified atom stereocenters. The third kappa shape index (κ3) is 1.57. The van der Waals surface area contributed by atoms with Crippen LogP contribution < -0.4 is 5.32 Å². The maximum atomic E-state index is 5.73. The zero-order valence-corrected chi connectivity index (χ0v) is 7.38. The number of hydrogen-bond acceptors (Lipinski definition) is 3. The lowest BCUT2D eigenvalue weighted by atomic mass is 10.1. The molecule has 1 aliphatic heterocycles. The predicted molar refractivity (Wildman–Crippen MR) is 47.3 cm³/mol. The zero-order valence-electron chi connectivity index (χ0n) is 6.63. The van der Waals surface area contributed by atoms with Crippen LogP contribution in [-0.4, -0.2) is 23.1 Å². The van der Waals surface area contributed by atoms with Crippen LogP contribution in [0.3, 0.4) is 0 Å². The van der Waals surface area contributed by atoms with E-state index in [1.807, 2.05) is 0 Å². The van der Waals surface area contributed by atoms with E-state index in [1.54, 1.807) is 12.4 Å². The summed E-state index contributed by atoms with van der Waals surface area (Å²) in [6, 6.07) is 0. The summed E-state index contributed by atoms with van der Waals surface area (Å²) < 4.78 is 0. The van der Waals surface area contributed by atoms with Crippen molar-refractivity contribution in [3.8, 4) is 0 Å². The van der Waals surface area contributed by atoms with Gasteiger partial charge in [-0.05, 0) is 13.0 Å². The Bertz CT molecular complexity index is 271. The molecule has 0 aliphatic carbocycles. The Labute approximate surface area is 76.2 Å². The first-order valence-corrected chi connectivity index (χ1v) is 4.42. The maximum Gasteiger partial charge on any atom is 0.147 e. The summed E-state index contributed by atoms with van der Waals surface area (Å²) in [5, 5.41) is 3.76. The van der Waals surface area contributed by atoms with Crippen molar-refractivity contribution < 1.29 is 0 Å². The largest absolute Gasteiger partial charge is 0.316 e. The lowest BCUT2D eigenvalue weighted by Gasteiger charge is -2.05. The van der Waals surface area contributed by atoms with Gasteiger partial charge in [-0.2, -0.15) is 0 Å². The molecule has 0 spiro atoms. The Morgan fingerprint density at radius 2 is 2.42 bits per heavy atom. The Morgan fingerprint density at radius 3 is 3.08 bits per heavy atom. The molecule has 1 fully saturated rings. The van der Waals surface area contributed by atoms with Gasteiger partial charge >= 0.3 is 0 Å². The maximum absolute atomic E-state index is 5.73. The zero-order chi connectivity index (χ0) is 8.39. The van der Waals surface area contributed by atoms with Crippen LogP contribution in [0.25, 0.3) is 0 Å². The first-order valence-electron chi connectivity index (χ1n) is 4.04. The smallest absolute Gasteiger partial charge is 0.147 e. The number of hydrogen-bond donors (Lipinski definition) is 1. The van der Waals surface area contributed by atoms with Crippen LogP contribution in [0.2, 0.25) is 5.15 Å². The molecule has 2 heterocycles. The summed E-state index contributed by atoms with van der Waals surface area (Å²) in [6.07, 6.45) is 4.49. The van der Waals surface area contributed by atoms with Crippen LogP contribution in [-0.2, 0) is 0 Å². The molecule has 2 rings (SSSR count). The number of aromatic nitrogens is 2. The van der Waals surface area contributed by atoms with Crippen molar-refractivity contribution in [2.45, 2.75) is 12.3 Å². The fraction of sp³-hybridized carbons (Fsp3) is 0.500. The summed E-state index contributed by atoms with van der Waals surface area (Å²) >= 11 is 5.73. The van der Waals surface area contributed by atoms with Gasteiger partial charge in [0.25, 0.3) is 0 Å². The summed E-state index contributed by atoms with van der Waals surface area (Å²) in [4.78, 5) is 8.22. The molecule has 1 aromatic heterocycles. The van der Waals surface area contributed by atoms with Crippen LogP contribution in [0.5, 0.6) is 0 Å². The summed E-state index contributed by atoms with van der Waals surface area (Å²) in [5.74, 6) is 0.496. The Morgan fingerprint density at radius 1 is 1.50 bits per heavy atom. The summed E-state index contributed by atoms with van der Waals surface area (Å²) in [7, 11) is 0. The fourth-order valence-electron chi connectivity index (χ4n) is 1.46. The van der Waals surface area contributed by atoms with Gasteiger partial charge in [-0.25, -0.2) is 4.98 Å². The molecule has 12 heavy (non-hydrogen) atoms. The average molecular weight is 184 g/mol. The van der Waals surface area contributed by atoms with Crippen molar-refractivity contribution in [3.05, 3.63) is 23.2 Å². The van der Waals surface area contributed by atoms with E-state index < -0.39 is 0 Å². The molecule has 4 heteroatoms. The molecule has 0 amide bonds. The van der Waals surface area contributed by atoms with E-state index in [0.29, 0.717) is 11.1 Å². The first-order chi connectivity index (χ1) is 5.86. The second-order valence-corrected chi connectivity index (χ2v) is 3.34. The lowest BCUT2D eigenvalue weighted by molar-refractivity contribution is 0.729. The minimum atomic E-state index is 0.486. The molecule has 64 valence electrons. The highest BCUT2D eigenvalue weighted by atomic mass is 35.5. The van der Waals surface area contributed by atoms with Crippen molar-refractivity contribution >= 4 is 11.6 Å². The number of nitrogens with one attached hydrogen (secondary N) is 1. The number of rotatable bonds is 1. The molecule has 0 bridgehead atoms. The van der Waals surface area contributed by atoms with E-state index in [9.17, 15) is 0 Å². The normalized spacial score (nSPS) is 22.9. The molecule has 0 aromatic carbocycles. The van der Waals surface area contributed by atoms with Gasteiger partial charge in [0, 0.05) is 18.7 Å². The molecule has 3 nitrogen and oxygen atoms in total. The highest BCUT2D eigenvalue weighted by Gasteiger charge is 2.17. The van der Waals surface area contributed by atoms with Crippen LogP contribution >= 0.6 is 11.6 Å². The average Bonchev–Trinajstić information content (AvgIpc) is 2.56. The van der Waals surface area contributed by atoms with Gasteiger partial charge in [0.05, 0.1) is 11.9 Å². The number of halogens is 1. The lowest BCUT2D eigenvalue weighted by Crippen LogP contribution is -2.09. The van der Waals surface area contributed by atoms with Crippen molar-refractivity contribution in [3.63, 3.8) is 0 Å². The molecule has 0 saturated carbocycles. The number of nitrogens with zero attached hydrogens (tertiary/aromatic N) is 2. The molecule has 0 radical (unpaired) electrons. The molecule has 1 aromatic rings. The first kappa shape index (κ1) is 7.95. The minimum Gasteiger partial charge on any atom is -0.316 e. The van der Waals surface area contributed by atoms with Crippen molar-refractivity contribution in [2.24, 2.45) is 0 Å². The summed E-state index contributed by atoms with van der Waals surface area (Å²) in [6.45, 7) is 2.06. The monoisotopic (exact) mass is 183 g/mol. The van der Waals surface area contributed by atoms with Crippen LogP contribution in [0, 0.1) is 0 Å². The minimum absolute atomic E-state index is 0.486. The van der Waals surface area contributed by atoms with E-state index in [0.717, 1.165) is 25.2 Å². The SMILES string of the molecule is Clc1cncc(C2CCNC2)n1. The third-order valence-electron chi connectivity index (χ3n) is 2.10. The topological polar surface area (TPSA) is 37.8 Å². The van der Waals surface area contributed by atoms with E-state index in [2.05, 4.69) is 15.3 Å². The molecular weight excluding hydrogens is 174 g/mol. The van der Waals surface area contributed by atoms with Crippen LogP contribution in [0.4, 0.5) is 0 Å². The molecule has 1 aliphatic rings. The van der Waals surface area contributed by atoms with Gasteiger partial charge in [-0.15, -0.1) is 0 Å². The Balaban J connectivity index is 2.21. The van der Waals surface area contributed by atoms with Gasteiger partial charge in [0.15, 0.2) is 0 Å². The molecule has 1 atom stereocenters. The molecular formula is C8H10ClN3. The second kappa shape index (κ2) is 3.37. The molecule has 1 saturated heterocycles. The van der Waals surface area contributed by atoms with Crippen LogP contribution in [0.15, 0.2) is 12.4 Å². The Kier molecular flexibility index (Phi) is 2.23. The van der Waals surface area contributed by atoms with E-state index in [-0.39, 0.29) is 0 Å². The van der Waals surface area contributed by atoms with Crippen molar-refractivity contribution in [1.29, 1.82) is 0 Å². The van der Waals surface area contributed by atoms with Crippen LogP contribution in [0.1, 0.15) is 18.0 Å². The van der Waals surface area contributed by atoms with Gasteiger partial charge < -0.3 is 5.32 Å².